The van der Waals surface area contributed by atoms with Gasteiger partial charge in [-0.1, -0.05) is 18.2 Å². The van der Waals surface area contributed by atoms with E-state index < -0.39 is 10.0 Å². The van der Waals surface area contributed by atoms with Crippen molar-refractivity contribution in [2.24, 2.45) is 0 Å². The largest absolute Gasteiger partial charge is 0.383 e. The van der Waals surface area contributed by atoms with Crippen LogP contribution in [0.1, 0.15) is 9.67 Å². The monoisotopic (exact) mass is 354 g/mol. The van der Waals surface area contributed by atoms with Gasteiger partial charge in [0.05, 0.1) is 22.1 Å². The second kappa shape index (κ2) is 7.58. The van der Waals surface area contributed by atoms with Gasteiger partial charge in [0, 0.05) is 26.1 Å². The van der Waals surface area contributed by atoms with Gasteiger partial charge in [0.1, 0.15) is 0 Å². The molecule has 124 valence electrons. The van der Waals surface area contributed by atoms with E-state index in [1.165, 1.54) is 22.8 Å². The van der Waals surface area contributed by atoms with E-state index >= 15 is 0 Å². The van der Waals surface area contributed by atoms with Crippen molar-refractivity contribution in [2.75, 3.05) is 31.6 Å². The van der Waals surface area contributed by atoms with Gasteiger partial charge in [0.15, 0.2) is 0 Å². The van der Waals surface area contributed by atoms with E-state index in [9.17, 15) is 13.2 Å². The van der Waals surface area contributed by atoms with Crippen LogP contribution in [0.15, 0.2) is 46.7 Å². The molecule has 0 aliphatic heterocycles. The SMILES string of the molecule is COCCNC(=O)c1cc(S(=O)(=O)N(C)c2ccccc2)cs1. The maximum absolute atomic E-state index is 12.6. The van der Waals surface area contributed by atoms with Crippen LogP contribution in [0.4, 0.5) is 5.69 Å². The number of para-hydroxylation sites is 1. The molecule has 6 nitrogen and oxygen atoms in total. The highest BCUT2D eigenvalue weighted by molar-refractivity contribution is 7.93. The Kier molecular flexibility index (Phi) is 5.75. The van der Waals surface area contributed by atoms with Crippen molar-refractivity contribution >= 4 is 33.0 Å². The molecule has 0 saturated carbocycles. The lowest BCUT2D eigenvalue weighted by atomic mass is 10.3. The molecule has 1 amide bonds. The number of carbonyl (C=O) groups is 1. The predicted molar refractivity (Wildman–Crippen MR) is 90.6 cm³/mol. The third-order valence-electron chi connectivity index (χ3n) is 3.17. The summed E-state index contributed by atoms with van der Waals surface area (Å²) in [5.74, 6) is -0.309. The van der Waals surface area contributed by atoms with Gasteiger partial charge in [0.2, 0.25) is 0 Å². The number of nitrogens with one attached hydrogen (secondary N) is 1. The number of carbonyl (C=O) groups excluding carboxylic acids is 1. The highest BCUT2D eigenvalue weighted by Gasteiger charge is 2.23. The van der Waals surface area contributed by atoms with Crippen LogP contribution in [0, 0.1) is 0 Å². The molecule has 0 saturated heterocycles. The molecule has 0 aliphatic carbocycles. The number of nitrogens with zero attached hydrogens (tertiary/aromatic N) is 1. The summed E-state index contributed by atoms with van der Waals surface area (Å²) in [5, 5.41) is 4.14. The second-order valence-electron chi connectivity index (χ2n) is 4.70. The minimum atomic E-state index is -3.69. The summed E-state index contributed by atoms with van der Waals surface area (Å²) in [7, 11) is -0.661. The van der Waals surface area contributed by atoms with Gasteiger partial charge in [-0.15, -0.1) is 11.3 Å². The number of rotatable bonds is 7. The number of hydrogen-bond acceptors (Lipinski definition) is 5. The highest BCUT2D eigenvalue weighted by Crippen LogP contribution is 2.25. The summed E-state index contributed by atoms with van der Waals surface area (Å²) in [6.45, 7) is 0.776. The first-order valence-corrected chi connectivity index (χ1v) is 9.18. The van der Waals surface area contributed by atoms with Gasteiger partial charge in [0.25, 0.3) is 15.9 Å². The van der Waals surface area contributed by atoms with Crippen LogP contribution >= 0.6 is 11.3 Å². The smallest absolute Gasteiger partial charge is 0.264 e. The van der Waals surface area contributed by atoms with Crippen molar-refractivity contribution in [3.63, 3.8) is 0 Å². The molecule has 1 N–H and O–H groups in total. The summed E-state index contributed by atoms with van der Waals surface area (Å²) in [4.78, 5) is 12.4. The Morgan fingerprint density at radius 3 is 2.65 bits per heavy atom. The fraction of sp³-hybridized carbons (Fsp3) is 0.267. The molecule has 0 aliphatic rings. The van der Waals surface area contributed by atoms with Crippen LogP contribution in [0.3, 0.4) is 0 Å². The molecule has 23 heavy (non-hydrogen) atoms. The van der Waals surface area contributed by atoms with Crippen LogP contribution in [-0.2, 0) is 14.8 Å². The van der Waals surface area contributed by atoms with E-state index in [-0.39, 0.29) is 10.8 Å². The van der Waals surface area contributed by atoms with Crippen LogP contribution in [0.2, 0.25) is 0 Å². The second-order valence-corrected chi connectivity index (χ2v) is 7.58. The first-order chi connectivity index (χ1) is 11.0. The van der Waals surface area contributed by atoms with Crippen LogP contribution in [-0.4, -0.2) is 41.6 Å². The molecule has 0 bridgehead atoms. The fourth-order valence-corrected chi connectivity index (χ4v) is 4.23. The maximum Gasteiger partial charge on any atom is 0.264 e. The topological polar surface area (TPSA) is 75.7 Å². The molecule has 1 aromatic heterocycles. The Bertz CT molecular complexity index is 757. The third-order valence-corrected chi connectivity index (χ3v) is 6.01. The quantitative estimate of drug-likeness (QED) is 0.771. The molecule has 1 heterocycles. The first-order valence-electron chi connectivity index (χ1n) is 6.86. The molecule has 2 rings (SSSR count). The molecule has 1 aromatic carbocycles. The lowest BCUT2D eigenvalue weighted by molar-refractivity contribution is 0.0941. The number of benzene rings is 1. The standard InChI is InChI=1S/C15H18N2O4S2/c1-17(12-6-4-3-5-7-12)23(19,20)13-10-14(22-11-13)15(18)16-8-9-21-2/h3-7,10-11H,8-9H2,1-2H3,(H,16,18). The van der Waals surface area contributed by atoms with Crippen LogP contribution < -0.4 is 9.62 Å². The molecule has 8 heteroatoms. The molecule has 0 fully saturated rings. The minimum Gasteiger partial charge on any atom is -0.383 e. The normalized spacial score (nSPS) is 11.2. The van der Waals surface area contributed by atoms with E-state index in [1.54, 1.807) is 31.4 Å². The average Bonchev–Trinajstić information content (AvgIpc) is 3.06. The van der Waals surface area contributed by atoms with Crippen molar-refractivity contribution in [1.82, 2.24) is 5.32 Å². The zero-order chi connectivity index (χ0) is 16.9. The number of anilines is 1. The van der Waals surface area contributed by atoms with E-state index in [4.69, 9.17) is 4.74 Å². The van der Waals surface area contributed by atoms with Gasteiger partial charge >= 0.3 is 0 Å². The van der Waals surface area contributed by atoms with Crippen molar-refractivity contribution in [3.05, 3.63) is 46.7 Å². The minimum absolute atomic E-state index is 0.103. The molecular weight excluding hydrogens is 336 g/mol. The Labute approximate surface area is 139 Å². The van der Waals surface area contributed by atoms with Crippen molar-refractivity contribution < 1.29 is 17.9 Å². The van der Waals surface area contributed by atoms with E-state index in [0.717, 1.165) is 11.3 Å². The number of hydrogen-bond donors (Lipinski definition) is 1. The summed E-state index contributed by atoms with van der Waals surface area (Å²) in [6.07, 6.45) is 0. The number of thiophene rings is 1. The van der Waals surface area contributed by atoms with Crippen molar-refractivity contribution in [3.8, 4) is 0 Å². The molecular formula is C15H18N2O4S2. The van der Waals surface area contributed by atoms with Crippen LogP contribution in [0.5, 0.6) is 0 Å². The Balaban J connectivity index is 2.17. The number of methoxy groups -OCH3 is 1. The summed E-state index contributed by atoms with van der Waals surface area (Å²) in [6, 6.07) is 10.2. The Morgan fingerprint density at radius 1 is 1.30 bits per heavy atom. The van der Waals surface area contributed by atoms with E-state index in [2.05, 4.69) is 5.32 Å². The summed E-state index contributed by atoms with van der Waals surface area (Å²) in [5.41, 5.74) is 0.560. The zero-order valence-electron chi connectivity index (χ0n) is 12.9. The number of sulfonamides is 1. The maximum atomic E-state index is 12.6. The van der Waals surface area contributed by atoms with Crippen molar-refractivity contribution in [1.29, 1.82) is 0 Å². The highest BCUT2D eigenvalue weighted by atomic mass is 32.2. The van der Waals surface area contributed by atoms with E-state index in [1.807, 2.05) is 6.07 Å². The molecule has 0 spiro atoms. The number of ether oxygens (including phenoxy) is 1. The lowest BCUT2D eigenvalue weighted by Crippen LogP contribution is -2.27. The average molecular weight is 354 g/mol. The van der Waals surface area contributed by atoms with Crippen LogP contribution in [0.25, 0.3) is 0 Å². The van der Waals surface area contributed by atoms with Crippen molar-refractivity contribution in [2.45, 2.75) is 4.90 Å². The van der Waals surface area contributed by atoms with E-state index in [0.29, 0.717) is 23.7 Å². The lowest BCUT2D eigenvalue weighted by Gasteiger charge is -2.18. The molecule has 2 aromatic rings. The van der Waals surface area contributed by atoms with Gasteiger partial charge in [-0.25, -0.2) is 8.42 Å². The predicted octanol–water partition coefficient (Wildman–Crippen LogP) is 1.95. The first kappa shape index (κ1) is 17.5. The molecule has 0 unspecified atom stereocenters. The van der Waals surface area contributed by atoms with Gasteiger partial charge in [-0.2, -0.15) is 0 Å². The van der Waals surface area contributed by atoms with Gasteiger partial charge < -0.3 is 10.1 Å². The summed E-state index contributed by atoms with van der Waals surface area (Å²) >= 11 is 1.10. The summed E-state index contributed by atoms with van der Waals surface area (Å²) < 4.78 is 31.3. The molecule has 0 atom stereocenters. The van der Waals surface area contributed by atoms with Gasteiger partial charge in [-0.05, 0) is 18.2 Å². The number of amides is 1. The van der Waals surface area contributed by atoms with Gasteiger partial charge in [-0.3, -0.25) is 9.10 Å². The zero-order valence-corrected chi connectivity index (χ0v) is 14.5. The molecule has 0 radical (unpaired) electrons. The third kappa shape index (κ3) is 4.10. The Morgan fingerprint density at radius 2 is 2.00 bits per heavy atom. The fourth-order valence-electron chi connectivity index (χ4n) is 1.86. The Hall–Kier alpha value is -1.90.